The van der Waals surface area contributed by atoms with Crippen molar-refractivity contribution in [1.82, 2.24) is 15.2 Å². The molecule has 1 atom stereocenters. The standard InChI is InChI=1S/C27H28FN3O2/c28-23-12-10-21(11-13-23)26(24-8-4-5-17-29-24)30-27(33)22-15-18-31(19-16-22)25(32)14-9-20-6-2-1-3-7-20/h1-8,10-13,17,22,26H,9,14-16,18-19H2,(H,30,33). The van der Waals surface area contributed by atoms with Crippen LogP contribution in [0, 0.1) is 11.7 Å². The highest BCUT2D eigenvalue weighted by atomic mass is 19.1. The number of halogens is 1. The summed E-state index contributed by atoms with van der Waals surface area (Å²) >= 11 is 0. The molecular formula is C27H28FN3O2. The van der Waals surface area contributed by atoms with Crippen molar-refractivity contribution < 1.29 is 14.0 Å². The summed E-state index contributed by atoms with van der Waals surface area (Å²) in [5.74, 6) is -0.425. The molecular weight excluding hydrogens is 417 g/mol. The van der Waals surface area contributed by atoms with Gasteiger partial charge in [-0.05, 0) is 54.7 Å². The summed E-state index contributed by atoms with van der Waals surface area (Å²) < 4.78 is 13.4. The Morgan fingerprint density at radius 2 is 1.67 bits per heavy atom. The van der Waals surface area contributed by atoms with Crippen molar-refractivity contribution in [2.75, 3.05) is 13.1 Å². The van der Waals surface area contributed by atoms with Crippen molar-refractivity contribution >= 4 is 11.8 Å². The van der Waals surface area contributed by atoms with Crippen LogP contribution in [-0.4, -0.2) is 34.8 Å². The SMILES string of the molecule is O=C(NC(c1ccc(F)cc1)c1ccccn1)C1CCN(C(=O)CCc2ccccc2)CC1. The third-order valence-corrected chi connectivity index (χ3v) is 6.16. The van der Waals surface area contributed by atoms with Gasteiger partial charge < -0.3 is 10.2 Å². The van der Waals surface area contributed by atoms with Crippen LogP contribution in [0.1, 0.15) is 42.1 Å². The minimum absolute atomic E-state index is 0.0636. The van der Waals surface area contributed by atoms with E-state index in [1.807, 2.05) is 53.4 Å². The van der Waals surface area contributed by atoms with Crippen LogP contribution in [0.25, 0.3) is 0 Å². The van der Waals surface area contributed by atoms with E-state index < -0.39 is 6.04 Å². The average Bonchev–Trinajstić information content (AvgIpc) is 2.87. The summed E-state index contributed by atoms with van der Waals surface area (Å²) in [5.41, 5.74) is 2.63. The Hall–Kier alpha value is -3.54. The largest absolute Gasteiger partial charge is 0.343 e. The van der Waals surface area contributed by atoms with Crippen molar-refractivity contribution in [3.05, 3.63) is 102 Å². The molecule has 1 N–H and O–H groups in total. The van der Waals surface area contributed by atoms with Gasteiger partial charge in [-0.15, -0.1) is 0 Å². The molecule has 33 heavy (non-hydrogen) atoms. The molecule has 0 spiro atoms. The van der Waals surface area contributed by atoms with Gasteiger partial charge in [-0.1, -0.05) is 48.5 Å². The third kappa shape index (κ3) is 6.04. The van der Waals surface area contributed by atoms with E-state index in [1.165, 1.54) is 12.1 Å². The normalized spacial score (nSPS) is 15.1. The first-order valence-corrected chi connectivity index (χ1v) is 11.4. The first-order valence-electron chi connectivity index (χ1n) is 11.4. The van der Waals surface area contributed by atoms with Crippen LogP contribution in [0.3, 0.4) is 0 Å². The second-order valence-corrected chi connectivity index (χ2v) is 8.39. The molecule has 1 fully saturated rings. The highest BCUT2D eigenvalue weighted by Crippen LogP contribution is 2.24. The minimum Gasteiger partial charge on any atom is -0.343 e. The second-order valence-electron chi connectivity index (χ2n) is 8.39. The highest BCUT2D eigenvalue weighted by molar-refractivity contribution is 5.81. The predicted molar refractivity (Wildman–Crippen MR) is 125 cm³/mol. The number of piperidine rings is 1. The van der Waals surface area contributed by atoms with E-state index in [2.05, 4.69) is 10.3 Å². The first-order chi connectivity index (χ1) is 16.1. The van der Waals surface area contributed by atoms with Gasteiger partial charge in [0.15, 0.2) is 0 Å². The Morgan fingerprint density at radius 3 is 2.33 bits per heavy atom. The monoisotopic (exact) mass is 445 g/mol. The molecule has 1 saturated heterocycles. The third-order valence-electron chi connectivity index (χ3n) is 6.16. The highest BCUT2D eigenvalue weighted by Gasteiger charge is 2.29. The number of aryl methyl sites for hydroxylation is 1. The van der Waals surface area contributed by atoms with Crippen LogP contribution in [-0.2, 0) is 16.0 Å². The molecule has 1 aliphatic rings. The smallest absolute Gasteiger partial charge is 0.224 e. The number of likely N-dealkylation sites (tertiary alicyclic amines) is 1. The zero-order chi connectivity index (χ0) is 23.0. The number of nitrogens with one attached hydrogen (secondary N) is 1. The molecule has 0 saturated carbocycles. The van der Waals surface area contributed by atoms with Gasteiger partial charge in [0.1, 0.15) is 5.82 Å². The number of carbonyl (C=O) groups excluding carboxylic acids is 2. The van der Waals surface area contributed by atoms with E-state index in [0.717, 1.165) is 17.5 Å². The lowest BCUT2D eigenvalue weighted by molar-refractivity contribution is -0.135. The van der Waals surface area contributed by atoms with Crippen LogP contribution in [0.15, 0.2) is 79.0 Å². The van der Waals surface area contributed by atoms with Crippen LogP contribution >= 0.6 is 0 Å². The van der Waals surface area contributed by atoms with Gasteiger partial charge >= 0.3 is 0 Å². The summed E-state index contributed by atoms with van der Waals surface area (Å²) in [4.78, 5) is 32.0. The second kappa shape index (κ2) is 10.9. The molecule has 1 aliphatic heterocycles. The lowest BCUT2D eigenvalue weighted by Crippen LogP contribution is -2.44. The fourth-order valence-corrected chi connectivity index (χ4v) is 4.24. The lowest BCUT2D eigenvalue weighted by atomic mass is 9.94. The van der Waals surface area contributed by atoms with E-state index in [-0.39, 0.29) is 23.5 Å². The summed E-state index contributed by atoms with van der Waals surface area (Å²) in [5, 5.41) is 3.10. The summed E-state index contributed by atoms with van der Waals surface area (Å²) in [6.45, 7) is 1.16. The number of amides is 2. The summed E-state index contributed by atoms with van der Waals surface area (Å²) in [6, 6.07) is 21.2. The first kappa shape index (κ1) is 22.6. The molecule has 0 bridgehead atoms. The number of nitrogens with zero attached hydrogens (tertiary/aromatic N) is 2. The Labute approximate surface area is 193 Å². The maximum Gasteiger partial charge on any atom is 0.224 e. The average molecular weight is 446 g/mol. The molecule has 0 aliphatic carbocycles. The molecule has 1 unspecified atom stereocenters. The molecule has 3 aromatic rings. The van der Waals surface area contributed by atoms with Crippen molar-refractivity contribution in [1.29, 1.82) is 0 Å². The fourth-order valence-electron chi connectivity index (χ4n) is 4.24. The molecule has 170 valence electrons. The van der Waals surface area contributed by atoms with E-state index >= 15 is 0 Å². The molecule has 1 aromatic heterocycles. The number of benzene rings is 2. The zero-order valence-electron chi connectivity index (χ0n) is 18.5. The van der Waals surface area contributed by atoms with Gasteiger partial charge in [0.2, 0.25) is 11.8 Å². The number of hydrogen-bond donors (Lipinski definition) is 1. The Kier molecular flexibility index (Phi) is 7.45. The van der Waals surface area contributed by atoms with Gasteiger partial charge in [-0.3, -0.25) is 14.6 Å². The minimum atomic E-state index is -0.454. The molecule has 0 radical (unpaired) electrons. The van der Waals surface area contributed by atoms with Gasteiger partial charge in [0.05, 0.1) is 11.7 Å². The number of carbonyl (C=O) groups is 2. The van der Waals surface area contributed by atoms with Gasteiger partial charge in [0, 0.05) is 31.6 Å². The van der Waals surface area contributed by atoms with Crippen molar-refractivity contribution in [2.45, 2.75) is 31.7 Å². The molecule has 4 rings (SSSR count). The molecule has 5 nitrogen and oxygen atoms in total. The van der Waals surface area contributed by atoms with Crippen LogP contribution in [0.2, 0.25) is 0 Å². The van der Waals surface area contributed by atoms with Gasteiger partial charge in [-0.25, -0.2) is 4.39 Å². The molecule has 2 amide bonds. The van der Waals surface area contributed by atoms with Crippen molar-refractivity contribution in [2.24, 2.45) is 5.92 Å². The Morgan fingerprint density at radius 1 is 0.970 bits per heavy atom. The number of hydrogen-bond acceptors (Lipinski definition) is 3. The van der Waals surface area contributed by atoms with E-state index in [0.29, 0.717) is 38.0 Å². The predicted octanol–water partition coefficient (Wildman–Crippen LogP) is 4.30. The van der Waals surface area contributed by atoms with Gasteiger partial charge in [-0.2, -0.15) is 0 Å². The van der Waals surface area contributed by atoms with Crippen molar-refractivity contribution in [3.63, 3.8) is 0 Å². The summed E-state index contributed by atoms with van der Waals surface area (Å²) in [7, 11) is 0. The molecule has 6 heteroatoms. The van der Waals surface area contributed by atoms with Crippen LogP contribution in [0.5, 0.6) is 0 Å². The van der Waals surface area contributed by atoms with E-state index in [4.69, 9.17) is 0 Å². The Balaban J connectivity index is 1.34. The topological polar surface area (TPSA) is 62.3 Å². The number of pyridine rings is 1. The fraction of sp³-hybridized carbons (Fsp3) is 0.296. The Bertz CT molecular complexity index is 1050. The molecule has 2 aromatic carbocycles. The van der Waals surface area contributed by atoms with Crippen LogP contribution < -0.4 is 5.32 Å². The zero-order valence-corrected chi connectivity index (χ0v) is 18.5. The number of rotatable bonds is 7. The van der Waals surface area contributed by atoms with Crippen LogP contribution in [0.4, 0.5) is 4.39 Å². The summed E-state index contributed by atoms with van der Waals surface area (Å²) in [6.07, 6.45) is 4.14. The van der Waals surface area contributed by atoms with Gasteiger partial charge in [0.25, 0.3) is 0 Å². The maximum absolute atomic E-state index is 13.4. The van der Waals surface area contributed by atoms with E-state index in [9.17, 15) is 14.0 Å². The number of aromatic nitrogens is 1. The maximum atomic E-state index is 13.4. The van der Waals surface area contributed by atoms with Crippen molar-refractivity contribution in [3.8, 4) is 0 Å². The van der Waals surface area contributed by atoms with E-state index in [1.54, 1.807) is 18.3 Å². The molecule has 2 heterocycles. The lowest BCUT2D eigenvalue weighted by Gasteiger charge is -2.32. The quantitative estimate of drug-likeness (QED) is 0.590.